The molecule has 3 aliphatic rings. The maximum absolute atomic E-state index is 2.61. The van der Waals surface area contributed by atoms with E-state index in [2.05, 4.69) is 399 Å². The van der Waals surface area contributed by atoms with E-state index >= 15 is 0 Å². The lowest BCUT2D eigenvalue weighted by atomic mass is 9.69. The number of benzene rings is 15. The van der Waals surface area contributed by atoms with Crippen molar-refractivity contribution in [1.82, 2.24) is 0 Å². The average molecular weight is 1250 g/mol. The van der Waals surface area contributed by atoms with E-state index in [1.54, 1.807) is 0 Å². The first-order valence-corrected chi connectivity index (χ1v) is 34.1. The Morgan fingerprint density at radius 1 is 0.214 bits per heavy atom. The highest BCUT2D eigenvalue weighted by atomic mass is 15.2. The second kappa shape index (κ2) is 23.6. The molecule has 0 N–H and O–H groups in total. The van der Waals surface area contributed by atoms with Gasteiger partial charge >= 0.3 is 0 Å². The molecular weight excluding hydrogens is 1180 g/mol. The van der Waals surface area contributed by atoms with Crippen molar-refractivity contribution in [2.75, 3.05) is 14.7 Å². The predicted molar refractivity (Wildman–Crippen MR) is 412 cm³/mol. The molecule has 0 radical (unpaired) electrons. The van der Waals surface area contributed by atoms with Gasteiger partial charge in [0.25, 0.3) is 0 Å². The monoisotopic (exact) mass is 1250 g/mol. The standard InChI is InChI=1S/C95H69N3/c1-94(2)87-60-81(96(76-45-34-70(35-46-76)64-22-10-4-11-23-64)77-47-36-71(37-48-77)65-24-12-5-13-25-65)55-56-83(87)84-63-89-85(62-88(84)94)86-59-82(97(78-49-38-72(39-50-78)66-26-14-6-15-27-66)79-51-40-73(41-52-79)67-28-16-7-17-29-67)61-92-93(86)95(89,3)90-58-75(69-32-20-9-21-33-69)44-57-91(90)98(92)80-53-42-74(43-54-80)68-30-18-8-19-31-68/h4-63H,1-3H3. The summed E-state index contributed by atoms with van der Waals surface area (Å²) in [5.41, 5.74) is 34.8. The molecular formula is C95H69N3. The molecule has 0 saturated carbocycles. The zero-order chi connectivity index (χ0) is 65.5. The van der Waals surface area contributed by atoms with Crippen LogP contribution in [0.4, 0.5) is 51.2 Å². The maximum Gasteiger partial charge on any atom is 0.0533 e. The van der Waals surface area contributed by atoms with E-state index in [4.69, 9.17) is 0 Å². The smallest absolute Gasteiger partial charge is 0.0533 e. The van der Waals surface area contributed by atoms with Crippen LogP contribution < -0.4 is 14.7 Å². The van der Waals surface area contributed by atoms with Crippen molar-refractivity contribution in [2.24, 2.45) is 0 Å². The predicted octanol–water partition coefficient (Wildman–Crippen LogP) is 26.1. The molecule has 1 aliphatic heterocycles. The van der Waals surface area contributed by atoms with E-state index in [9.17, 15) is 0 Å². The summed E-state index contributed by atoms with van der Waals surface area (Å²) in [6.45, 7) is 7.41. The van der Waals surface area contributed by atoms with E-state index in [1.807, 2.05) is 0 Å². The highest BCUT2D eigenvalue weighted by Crippen LogP contribution is 2.66. The molecule has 2 aliphatic carbocycles. The summed E-state index contributed by atoms with van der Waals surface area (Å²) in [7, 11) is 0. The molecule has 1 atom stereocenters. The third kappa shape index (κ3) is 9.80. The Bertz CT molecular complexity index is 5300. The van der Waals surface area contributed by atoms with Crippen LogP contribution in [-0.2, 0) is 10.8 Å². The molecule has 3 heteroatoms. The summed E-state index contributed by atoms with van der Waals surface area (Å²) >= 11 is 0. The lowest BCUT2D eigenvalue weighted by molar-refractivity contribution is 0.659. The van der Waals surface area contributed by atoms with Gasteiger partial charge in [-0.2, -0.15) is 0 Å². The Labute approximate surface area is 574 Å². The van der Waals surface area contributed by atoms with Crippen molar-refractivity contribution >= 4 is 51.2 Å². The lowest BCUT2D eigenvalue weighted by Gasteiger charge is -2.43. The highest BCUT2D eigenvalue weighted by Gasteiger charge is 2.51. The van der Waals surface area contributed by atoms with E-state index in [-0.39, 0.29) is 5.41 Å². The van der Waals surface area contributed by atoms with Gasteiger partial charge in [-0.1, -0.05) is 269 Å². The van der Waals surface area contributed by atoms with Gasteiger partial charge in [-0.3, -0.25) is 0 Å². The molecule has 0 saturated heterocycles. The third-order valence-electron chi connectivity index (χ3n) is 21.0. The van der Waals surface area contributed by atoms with Crippen LogP contribution >= 0.6 is 0 Å². The van der Waals surface area contributed by atoms with Crippen LogP contribution in [0, 0.1) is 0 Å². The summed E-state index contributed by atoms with van der Waals surface area (Å²) in [6.07, 6.45) is 0. The summed E-state index contributed by atoms with van der Waals surface area (Å²) in [6, 6.07) is 135. The van der Waals surface area contributed by atoms with E-state index in [1.165, 1.54) is 117 Å². The lowest BCUT2D eigenvalue weighted by Crippen LogP contribution is -2.32. The van der Waals surface area contributed by atoms with Gasteiger partial charge in [0.2, 0.25) is 0 Å². The van der Waals surface area contributed by atoms with Crippen molar-refractivity contribution < 1.29 is 0 Å². The minimum Gasteiger partial charge on any atom is -0.310 e. The van der Waals surface area contributed by atoms with Gasteiger partial charge in [0.05, 0.1) is 11.4 Å². The van der Waals surface area contributed by atoms with Crippen molar-refractivity contribution in [1.29, 1.82) is 0 Å². The number of hydrogen-bond acceptors (Lipinski definition) is 3. The molecule has 0 fully saturated rings. The van der Waals surface area contributed by atoms with Crippen molar-refractivity contribution in [3.8, 4) is 89.0 Å². The molecule has 0 amide bonds. The van der Waals surface area contributed by atoms with E-state index < -0.39 is 5.41 Å². The molecule has 3 nitrogen and oxygen atoms in total. The number of hydrogen-bond donors (Lipinski definition) is 0. The average Bonchev–Trinajstić information content (AvgIpc) is 1.48. The minimum atomic E-state index is -0.588. The molecule has 0 aromatic heterocycles. The number of nitrogens with zero attached hydrogens (tertiary/aromatic N) is 3. The van der Waals surface area contributed by atoms with Crippen LogP contribution in [0.3, 0.4) is 0 Å². The first kappa shape index (κ1) is 58.3. The second-order valence-electron chi connectivity index (χ2n) is 27.0. The quantitative estimate of drug-likeness (QED) is 0.114. The Morgan fingerprint density at radius 2 is 0.541 bits per heavy atom. The summed E-state index contributed by atoms with van der Waals surface area (Å²) in [5, 5.41) is 0. The molecule has 15 aromatic carbocycles. The van der Waals surface area contributed by atoms with Gasteiger partial charge < -0.3 is 14.7 Å². The van der Waals surface area contributed by atoms with Crippen molar-refractivity contribution in [3.63, 3.8) is 0 Å². The van der Waals surface area contributed by atoms with Gasteiger partial charge in [0, 0.05) is 50.6 Å². The maximum atomic E-state index is 2.61. The zero-order valence-corrected chi connectivity index (χ0v) is 55.0. The molecule has 0 bridgehead atoms. The topological polar surface area (TPSA) is 9.72 Å². The van der Waals surface area contributed by atoms with Gasteiger partial charge in [0.1, 0.15) is 0 Å². The molecule has 98 heavy (non-hydrogen) atoms. The Hall–Kier alpha value is -12.3. The summed E-state index contributed by atoms with van der Waals surface area (Å²) in [5.74, 6) is 0. The van der Waals surface area contributed by atoms with Gasteiger partial charge in [-0.15, -0.1) is 0 Å². The summed E-state index contributed by atoms with van der Waals surface area (Å²) < 4.78 is 0. The van der Waals surface area contributed by atoms with E-state index in [0.717, 1.165) is 51.2 Å². The Balaban J connectivity index is 0.844. The molecule has 1 unspecified atom stereocenters. The van der Waals surface area contributed by atoms with Gasteiger partial charge in [0.15, 0.2) is 0 Å². The minimum absolute atomic E-state index is 0.382. The fourth-order valence-corrected chi connectivity index (χ4v) is 16.0. The van der Waals surface area contributed by atoms with Crippen LogP contribution in [0.15, 0.2) is 364 Å². The number of fused-ring (bicyclic) bond motifs is 8. The number of rotatable bonds is 13. The number of anilines is 9. The van der Waals surface area contributed by atoms with Crippen LogP contribution in [0.5, 0.6) is 0 Å². The molecule has 18 rings (SSSR count). The first-order chi connectivity index (χ1) is 48.2. The molecule has 15 aromatic rings. The van der Waals surface area contributed by atoms with Gasteiger partial charge in [-0.05, 0) is 233 Å². The summed E-state index contributed by atoms with van der Waals surface area (Å²) in [4.78, 5) is 7.48. The normalized spacial score (nSPS) is 14.2. The molecule has 0 spiro atoms. The van der Waals surface area contributed by atoms with Crippen LogP contribution in [-0.4, -0.2) is 0 Å². The van der Waals surface area contributed by atoms with Crippen LogP contribution in [0.25, 0.3) is 89.0 Å². The molecule has 1 heterocycles. The second-order valence-corrected chi connectivity index (χ2v) is 27.0. The third-order valence-corrected chi connectivity index (χ3v) is 21.0. The fraction of sp³-hybridized carbons (Fsp3) is 0.0526. The zero-order valence-electron chi connectivity index (χ0n) is 55.0. The van der Waals surface area contributed by atoms with Crippen molar-refractivity contribution in [2.45, 2.75) is 31.6 Å². The first-order valence-electron chi connectivity index (χ1n) is 34.1. The van der Waals surface area contributed by atoms with E-state index in [0.29, 0.717) is 0 Å². The SMILES string of the molecule is CC1(C)c2cc(N(c3ccc(-c4ccccc4)cc3)c3ccc(-c4ccccc4)cc3)ccc2-c2cc3c(cc21)-c1cc(N(c2ccc(-c4ccccc4)cc2)c2ccc(-c4ccccc4)cc2)cc2c1C3(C)c1cc(-c3ccccc3)ccc1N2c1ccc(-c2ccccc2)cc1. The fourth-order valence-electron chi connectivity index (χ4n) is 16.0. The van der Waals surface area contributed by atoms with Crippen molar-refractivity contribution in [3.05, 3.63) is 392 Å². The largest absolute Gasteiger partial charge is 0.310 e. The van der Waals surface area contributed by atoms with Crippen LogP contribution in [0.2, 0.25) is 0 Å². The van der Waals surface area contributed by atoms with Crippen LogP contribution in [0.1, 0.15) is 48.6 Å². The molecule has 464 valence electrons. The Morgan fingerprint density at radius 3 is 0.959 bits per heavy atom. The van der Waals surface area contributed by atoms with Gasteiger partial charge in [-0.25, -0.2) is 0 Å². The Kier molecular flexibility index (Phi) is 14.0. The highest BCUT2D eigenvalue weighted by molar-refractivity contribution is 6.03.